The number of aromatic amines is 1. The predicted molar refractivity (Wildman–Crippen MR) is 120 cm³/mol. The van der Waals surface area contributed by atoms with Gasteiger partial charge in [0, 0.05) is 0 Å². The largest absolute Gasteiger partial charge is 0.337 e. The number of fused-ring (bicyclic) bond motifs is 1. The number of thiazole rings is 1. The number of thiophene rings is 1. The Balaban J connectivity index is 1.42. The highest BCUT2D eigenvalue weighted by Crippen LogP contribution is 2.34. The van der Waals surface area contributed by atoms with Crippen LogP contribution in [0.3, 0.4) is 0 Å². The number of para-hydroxylation sites is 1. The van der Waals surface area contributed by atoms with E-state index in [2.05, 4.69) is 31.5 Å². The molecule has 5 rings (SSSR count). The van der Waals surface area contributed by atoms with Crippen molar-refractivity contribution in [2.75, 3.05) is 0 Å². The molecule has 0 saturated heterocycles. The topological polar surface area (TPSA) is 83.6 Å². The molecule has 0 aliphatic rings. The van der Waals surface area contributed by atoms with Crippen molar-refractivity contribution >= 4 is 38.8 Å². The Morgan fingerprint density at radius 2 is 1.77 bits per heavy atom. The molecule has 30 heavy (non-hydrogen) atoms. The van der Waals surface area contributed by atoms with Gasteiger partial charge in [-0.25, -0.2) is 9.97 Å². The average Bonchev–Trinajstić information content (AvgIpc) is 3.51. The number of aryl methyl sites for hydroxylation is 1. The fourth-order valence-corrected chi connectivity index (χ4v) is 5.12. The van der Waals surface area contributed by atoms with Gasteiger partial charge < -0.3 is 5.32 Å². The first kappa shape index (κ1) is 18.7. The Kier molecular flexibility index (Phi) is 4.86. The molecule has 148 valence electrons. The van der Waals surface area contributed by atoms with Gasteiger partial charge in [0.1, 0.15) is 16.9 Å². The van der Waals surface area contributed by atoms with Gasteiger partial charge in [-0.1, -0.05) is 42.5 Å². The first-order valence-electron chi connectivity index (χ1n) is 9.38. The SMILES string of the molecule is Cc1nc(C(NC(=O)c2ccc(-c3nc4ccccc4s3)s2)c2ccccc2)n[nH]1. The van der Waals surface area contributed by atoms with Gasteiger partial charge in [0.05, 0.1) is 20.0 Å². The third-order valence-corrected chi connectivity index (χ3v) is 6.91. The molecule has 3 aromatic heterocycles. The van der Waals surface area contributed by atoms with E-state index in [-0.39, 0.29) is 5.91 Å². The van der Waals surface area contributed by atoms with Crippen molar-refractivity contribution in [3.05, 3.63) is 88.8 Å². The van der Waals surface area contributed by atoms with Gasteiger partial charge in [-0.05, 0) is 36.8 Å². The molecule has 5 aromatic rings. The highest BCUT2D eigenvalue weighted by Gasteiger charge is 2.22. The van der Waals surface area contributed by atoms with Crippen LogP contribution in [0.1, 0.15) is 32.9 Å². The summed E-state index contributed by atoms with van der Waals surface area (Å²) in [5.41, 5.74) is 1.90. The van der Waals surface area contributed by atoms with Crippen molar-refractivity contribution in [1.29, 1.82) is 0 Å². The van der Waals surface area contributed by atoms with E-state index in [1.54, 1.807) is 11.3 Å². The highest BCUT2D eigenvalue weighted by molar-refractivity contribution is 7.26. The molecule has 0 saturated carbocycles. The van der Waals surface area contributed by atoms with Crippen LogP contribution in [-0.4, -0.2) is 26.1 Å². The number of hydrogen-bond acceptors (Lipinski definition) is 6. The summed E-state index contributed by atoms with van der Waals surface area (Å²) in [6, 6.07) is 21.1. The quantitative estimate of drug-likeness (QED) is 0.411. The monoisotopic (exact) mass is 431 g/mol. The fourth-order valence-electron chi connectivity index (χ4n) is 3.19. The number of carbonyl (C=O) groups is 1. The molecular weight excluding hydrogens is 414 g/mol. The van der Waals surface area contributed by atoms with E-state index in [0.29, 0.717) is 16.5 Å². The van der Waals surface area contributed by atoms with Gasteiger partial charge >= 0.3 is 0 Å². The molecule has 0 bridgehead atoms. The molecule has 0 radical (unpaired) electrons. The molecule has 1 amide bonds. The van der Waals surface area contributed by atoms with E-state index in [4.69, 9.17) is 0 Å². The second-order valence-electron chi connectivity index (χ2n) is 6.75. The molecule has 0 aliphatic carbocycles. The third kappa shape index (κ3) is 3.62. The van der Waals surface area contributed by atoms with Crippen LogP contribution in [0.15, 0.2) is 66.7 Å². The Morgan fingerprint density at radius 3 is 2.53 bits per heavy atom. The molecule has 0 aliphatic heterocycles. The zero-order valence-electron chi connectivity index (χ0n) is 16.0. The lowest BCUT2D eigenvalue weighted by atomic mass is 10.1. The third-order valence-electron chi connectivity index (χ3n) is 4.62. The van der Waals surface area contributed by atoms with Gasteiger partial charge in [-0.15, -0.1) is 22.7 Å². The van der Waals surface area contributed by atoms with Crippen molar-refractivity contribution in [3.8, 4) is 9.88 Å². The molecule has 1 atom stereocenters. The number of nitrogens with zero attached hydrogens (tertiary/aromatic N) is 3. The second kappa shape index (κ2) is 7.81. The zero-order chi connectivity index (χ0) is 20.5. The molecule has 0 spiro atoms. The number of rotatable bonds is 5. The maximum Gasteiger partial charge on any atom is 0.262 e. The van der Waals surface area contributed by atoms with Crippen LogP contribution in [0.5, 0.6) is 0 Å². The van der Waals surface area contributed by atoms with Crippen LogP contribution in [0.25, 0.3) is 20.1 Å². The standard InChI is InChI=1S/C22H17N5OS2/c1-13-23-20(27-26-13)19(14-7-3-2-4-8-14)25-21(28)17-11-12-18(29-17)22-24-15-9-5-6-10-16(15)30-22/h2-12,19H,1H3,(H,25,28)(H,23,26,27). The Labute approximate surface area is 180 Å². The lowest BCUT2D eigenvalue weighted by molar-refractivity contribution is 0.0945. The van der Waals surface area contributed by atoms with E-state index >= 15 is 0 Å². The Morgan fingerprint density at radius 1 is 0.967 bits per heavy atom. The van der Waals surface area contributed by atoms with E-state index < -0.39 is 6.04 Å². The number of benzene rings is 2. The van der Waals surface area contributed by atoms with Gasteiger partial charge in [0.15, 0.2) is 5.82 Å². The summed E-state index contributed by atoms with van der Waals surface area (Å²) in [4.78, 5) is 23.8. The summed E-state index contributed by atoms with van der Waals surface area (Å²) in [6.45, 7) is 1.84. The maximum absolute atomic E-state index is 13.0. The minimum Gasteiger partial charge on any atom is -0.337 e. The molecular formula is C22H17N5OS2. The average molecular weight is 432 g/mol. The summed E-state index contributed by atoms with van der Waals surface area (Å²) >= 11 is 3.06. The second-order valence-corrected chi connectivity index (χ2v) is 8.86. The van der Waals surface area contributed by atoms with Crippen molar-refractivity contribution in [3.63, 3.8) is 0 Å². The van der Waals surface area contributed by atoms with Crippen molar-refractivity contribution < 1.29 is 4.79 Å². The minimum atomic E-state index is -0.434. The number of nitrogens with one attached hydrogen (secondary N) is 2. The van der Waals surface area contributed by atoms with Gasteiger partial charge in [-0.3, -0.25) is 9.89 Å². The number of H-pyrrole nitrogens is 1. The summed E-state index contributed by atoms with van der Waals surface area (Å²) in [5.74, 6) is 1.08. The molecule has 1 unspecified atom stereocenters. The highest BCUT2D eigenvalue weighted by atomic mass is 32.1. The van der Waals surface area contributed by atoms with Crippen LogP contribution < -0.4 is 5.32 Å². The number of hydrogen-bond donors (Lipinski definition) is 2. The van der Waals surface area contributed by atoms with Crippen LogP contribution >= 0.6 is 22.7 Å². The van der Waals surface area contributed by atoms with E-state index in [0.717, 1.165) is 25.7 Å². The van der Waals surface area contributed by atoms with Gasteiger partial charge in [0.2, 0.25) is 0 Å². The summed E-state index contributed by atoms with van der Waals surface area (Å²) in [5, 5.41) is 11.1. The van der Waals surface area contributed by atoms with E-state index in [9.17, 15) is 4.79 Å². The zero-order valence-corrected chi connectivity index (χ0v) is 17.6. The van der Waals surface area contributed by atoms with Crippen LogP contribution in [-0.2, 0) is 0 Å². The number of aromatic nitrogens is 4. The van der Waals surface area contributed by atoms with E-state index in [1.165, 1.54) is 11.3 Å². The summed E-state index contributed by atoms with van der Waals surface area (Å²) < 4.78 is 1.14. The maximum atomic E-state index is 13.0. The van der Waals surface area contributed by atoms with Gasteiger partial charge in [-0.2, -0.15) is 5.10 Å². The van der Waals surface area contributed by atoms with Crippen LogP contribution in [0.2, 0.25) is 0 Å². The molecule has 2 aromatic carbocycles. The van der Waals surface area contributed by atoms with Crippen LogP contribution in [0, 0.1) is 6.92 Å². The lowest BCUT2D eigenvalue weighted by Gasteiger charge is -2.15. The minimum absolute atomic E-state index is 0.163. The lowest BCUT2D eigenvalue weighted by Crippen LogP contribution is -2.29. The first-order chi connectivity index (χ1) is 14.7. The van der Waals surface area contributed by atoms with Gasteiger partial charge in [0.25, 0.3) is 5.91 Å². The molecule has 0 fully saturated rings. The molecule has 6 nitrogen and oxygen atoms in total. The molecule has 2 N–H and O–H groups in total. The van der Waals surface area contributed by atoms with Crippen LogP contribution in [0.4, 0.5) is 0 Å². The Hall–Kier alpha value is -3.36. The number of carbonyl (C=O) groups excluding carboxylic acids is 1. The van der Waals surface area contributed by atoms with Crippen molar-refractivity contribution in [2.45, 2.75) is 13.0 Å². The smallest absolute Gasteiger partial charge is 0.262 e. The molecule has 3 heterocycles. The number of amides is 1. The molecule has 8 heteroatoms. The normalized spacial score (nSPS) is 12.2. The predicted octanol–water partition coefficient (Wildman–Crippen LogP) is 4.97. The van der Waals surface area contributed by atoms with Crippen molar-refractivity contribution in [2.24, 2.45) is 0 Å². The fraction of sp³-hybridized carbons (Fsp3) is 0.0909. The van der Waals surface area contributed by atoms with Crippen molar-refractivity contribution in [1.82, 2.24) is 25.5 Å². The summed E-state index contributed by atoms with van der Waals surface area (Å²) in [7, 11) is 0. The Bertz CT molecular complexity index is 1290. The summed E-state index contributed by atoms with van der Waals surface area (Å²) in [6.07, 6.45) is 0. The van der Waals surface area contributed by atoms with E-state index in [1.807, 2.05) is 67.6 Å². The first-order valence-corrected chi connectivity index (χ1v) is 11.0.